The molecular weight excluding hydrogens is 526 g/mol. The number of hydrogen-bond donors (Lipinski definition) is 3. The van der Waals surface area contributed by atoms with Gasteiger partial charge in [-0.05, 0) is 110 Å². The maximum atomic E-state index is 12.4. The molecule has 7 heteroatoms. The van der Waals surface area contributed by atoms with Crippen molar-refractivity contribution in [2.24, 2.45) is 28.3 Å². The van der Waals surface area contributed by atoms with E-state index in [9.17, 15) is 9.90 Å². The number of amides is 2. The number of carbonyl (C=O) groups excluding carboxylic acids is 1. The zero-order chi connectivity index (χ0) is 28.8. The third kappa shape index (κ3) is 4.59. The number of urea groups is 1. The Bertz CT molecular complexity index is 1570. The minimum absolute atomic E-state index is 0.0156. The van der Waals surface area contributed by atoms with E-state index in [1.807, 2.05) is 43.3 Å². The van der Waals surface area contributed by atoms with Crippen LogP contribution in [0.3, 0.4) is 0 Å². The number of aliphatic hydroxyl groups excluding tert-OH is 1. The Kier molecular flexibility index (Phi) is 6.82. The first kappa shape index (κ1) is 26.9. The highest BCUT2D eigenvalue weighted by atomic mass is 16.7. The second kappa shape index (κ2) is 10.7. The number of allylic oxidation sites excluding steroid dienone is 4. The van der Waals surface area contributed by atoms with Crippen LogP contribution in [0.2, 0.25) is 0 Å². The summed E-state index contributed by atoms with van der Waals surface area (Å²) in [6.45, 7) is 4.42. The lowest BCUT2D eigenvalue weighted by molar-refractivity contribution is -0.0102. The van der Waals surface area contributed by atoms with Crippen LogP contribution in [0.1, 0.15) is 63.9 Å². The molecule has 5 aliphatic rings. The lowest BCUT2D eigenvalue weighted by Gasteiger charge is -2.52. The predicted molar refractivity (Wildman–Crippen MR) is 162 cm³/mol. The van der Waals surface area contributed by atoms with E-state index >= 15 is 0 Å². The van der Waals surface area contributed by atoms with E-state index in [1.54, 1.807) is 0 Å². The molecule has 7 rings (SSSR count). The zero-order valence-electron chi connectivity index (χ0n) is 24.2. The van der Waals surface area contributed by atoms with E-state index < -0.39 is 6.10 Å². The summed E-state index contributed by atoms with van der Waals surface area (Å²) in [5.74, 6) is 9.01. The van der Waals surface area contributed by atoms with Gasteiger partial charge in [-0.3, -0.25) is 0 Å². The van der Waals surface area contributed by atoms with E-state index in [0.717, 1.165) is 61.4 Å². The summed E-state index contributed by atoms with van der Waals surface area (Å²) in [5, 5.41) is 18.9. The molecule has 1 heterocycles. The highest BCUT2D eigenvalue weighted by Gasteiger charge is 2.59. The number of aliphatic hydroxyl groups is 1. The molecule has 1 unspecified atom stereocenters. The Morgan fingerprint density at radius 3 is 2.76 bits per heavy atom. The summed E-state index contributed by atoms with van der Waals surface area (Å²) in [6, 6.07) is 15.4. The fourth-order valence-corrected chi connectivity index (χ4v) is 8.34. The molecule has 0 aromatic heterocycles. The number of nitrogens with one attached hydrogen (secondary N) is 2. The van der Waals surface area contributed by atoms with E-state index in [-0.39, 0.29) is 30.1 Å². The molecule has 0 saturated heterocycles. The summed E-state index contributed by atoms with van der Waals surface area (Å²) in [5.41, 5.74) is 9.62. The number of hydrazone groups is 1. The van der Waals surface area contributed by atoms with Crippen LogP contribution >= 0.6 is 0 Å². The van der Waals surface area contributed by atoms with Gasteiger partial charge in [-0.1, -0.05) is 42.7 Å². The number of fused-ring (bicyclic) bond motifs is 5. The molecular formula is C35H37N3O4. The smallest absolute Gasteiger partial charge is 0.339 e. The van der Waals surface area contributed by atoms with Gasteiger partial charge in [-0.2, -0.15) is 5.10 Å². The molecule has 7 nitrogen and oxygen atoms in total. The molecule has 216 valence electrons. The zero-order valence-corrected chi connectivity index (χ0v) is 24.2. The maximum Gasteiger partial charge on any atom is 0.339 e. The van der Waals surface area contributed by atoms with Crippen molar-refractivity contribution in [3.8, 4) is 23.3 Å². The first-order chi connectivity index (χ1) is 20.4. The standard InChI is InChI=1S/C35H37N3O4/c1-3-7-23-17-29-27-13-10-21-16-25(37-38-34(40)36-24-8-5-4-6-9-24)12-14-26(21)32(27)28(19-35(29,2)33(23)39)22-11-15-30-31(18-22)42-20-41-30/h4-6,8-9,11,15-16,18,23,27-29,33,39H,10,12-14,17,19-20H2,1-2H3,(H2,36,38,40)/t23?,27-,28+,29-,33-,35-/m0/s1. The van der Waals surface area contributed by atoms with Crippen LogP contribution in [-0.4, -0.2) is 29.7 Å². The van der Waals surface area contributed by atoms with Crippen LogP contribution in [-0.2, 0) is 0 Å². The van der Waals surface area contributed by atoms with E-state index in [2.05, 4.69) is 52.8 Å². The number of nitrogens with zero attached hydrogens (tertiary/aromatic N) is 1. The van der Waals surface area contributed by atoms with E-state index in [4.69, 9.17) is 9.47 Å². The molecule has 2 amide bonds. The lowest BCUT2D eigenvalue weighted by atomic mass is 9.53. The molecule has 2 aromatic rings. The van der Waals surface area contributed by atoms with Crippen molar-refractivity contribution in [1.29, 1.82) is 0 Å². The maximum absolute atomic E-state index is 12.4. The quantitative estimate of drug-likeness (QED) is 0.292. The van der Waals surface area contributed by atoms with Crippen LogP contribution < -0.4 is 20.2 Å². The highest BCUT2D eigenvalue weighted by molar-refractivity contribution is 5.99. The minimum Gasteiger partial charge on any atom is -0.454 e. The number of benzene rings is 2. The van der Waals surface area contributed by atoms with Crippen molar-refractivity contribution in [3.05, 3.63) is 76.9 Å². The average molecular weight is 564 g/mol. The number of para-hydroxylation sites is 1. The number of carbonyl (C=O) groups is 1. The highest BCUT2D eigenvalue weighted by Crippen LogP contribution is 2.65. The summed E-state index contributed by atoms with van der Waals surface area (Å²) >= 11 is 0. The molecule has 2 fully saturated rings. The summed E-state index contributed by atoms with van der Waals surface area (Å²) in [4.78, 5) is 12.4. The van der Waals surface area contributed by atoms with Gasteiger partial charge in [0.25, 0.3) is 0 Å². The monoisotopic (exact) mass is 563 g/mol. The SMILES string of the molecule is CC#CC1C[C@H]2[C@@H]3CCC4=CC(=NNC(=O)Nc5ccccc5)CCC4=C3[C@@H](c3ccc4c(c3)OCO4)C[C@]2(C)[C@H]1O. The molecule has 2 aromatic carbocycles. The van der Waals surface area contributed by atoms with Crippen LogP contribution in [0, 0.1) is 35.0 Å². The van der Waals surface area contributed by atoms with Crippen LogP contribution in [0.15, 0.2) is 76.4 Å². The van der Waals surface area contributed by atoms with Crippen LogP contribution in [0.5, 0.6) is 11.5 Å². The second-order valence-corrected chi connectivity index (χ2v) is 12.4. The van der Waals surface area contributed by atoms with Crippen molar-refractivity contribution in [1.82, 2.24) is 5.43 Å². The van der Waals surface area contributed by atoms with Gasteiger partial charge < -0.3 is 19.9 Å². The van der Waals surface area contributed by atoms with Gasteiger partial charge in [0.1, 0.15) is 0 Å². The van der Waals surface area contributed by atoms with Crippen molar-refractivity contribution in [2.45, 2.75) is 64.4 Å². The molecule has 4 aliphatic carbocycles. The van der Waals surface area contributed by atoms with Crippen LogP contribution in [0.4, 0.5) is 10.5 Å². The number of rotatable bonds is 3. The topological polar surface area (TPSA) is 92.2 Å². The Morgan fingerprint density at radius 2 is 1.93 bits per heavy atom. The van der Waals surface area contributed by atoms with Gasteiger partial charge in [0.15, 0.2) is 11.5 Å². The Morgan fingerprint density at radius 1 is 1.10 bits per heavy atom. The van der Waals surface area contributed by atoms with Gasteiger partial charge in [0.2, 0.25) is 6.79 Å². The molecule has 1 aliphatic heterocycles. The van der Waals surface area contributed by atoms with Gasteiger partial charge in [0, 0.05) is 17.5 Å². The van der Waals surface area contributed by atoms with E-state index in [1.165, 1.54) is 22.3 Å². The minimum atomic E-state index is -0.437. The third-order valence-corrected chi connectivity index (χ3v) is 10.2. The van der Waals surface area contributed by atoms with Crippen molar-refractivity contribution < 1.29 is 19.4 Å². The number of hydrogen-bond acceptors (Lipinski definition) is 5. The fraction of sp³-hybridized carbons (Fsp3) is 0.429. The molecule has 3 N–H and O–H groups in total. The molecule has 6 atom stereocenters. The normalized spacial score (nSPS) is 31.7. The molecule has 0 radical (unpaired) electrons. The molecule has 2 saturated carbocycles. The molecule has 0 bridgehead atoms. The number of anilines is 1. The number of ether oxygens (including phenoxy) is 2. The largest absolute Gasteiger partial charge is 0.454 e. The summed E-state index contributed by atoms with van der Waals surface area (Å²) in [7, 11) is 0. The van der Waals surface area contributed by atoms with Crippen molar-refractivity contribution in [3.63, 3.8) is 0 Å². The summed E-state index contributed by atoms with van der Waals surface area (Å²) in [6.07, 6.45) is 7.25. The van der Waals surface area contributed by atoms with Gasteiger partial charge in [0.05, 0.1) is 11.8 Å². The molecule has 42 heavy (non-hydrogen) atoms. The first-order valence-corrected chi connectivity index (χ1v) is 15.1. The van der Waals surface area contributed by atoms with Crippen molar-refractivity contribution >= 4 is 17.4 Å². The van der Waals surface area contributed by atoms with Crippen molar-refractivity contribution in [2.75, 3.05) is 12.1 Å². The fourth-order valence-electron chi connectivity index (χ4n) is 8.34. The summed E-state index contributed by atoms with van der Waals surface area (Å²) < 4.78 is 11.4. The van der Waals surface area contributed by atoms with Gasteiger partial charge in [-0.25, -0.2) is 10.2 Å². The third-order valence-electron chi connectivity index (χ3n) is 10.2. The molecule has 0 spiro atoms. The van der Waals surface area contributed by atoms with Gasteiger partial charge in [-0.15, -0.1) is 5.92 Å². The Balaban J connectivity index is 1.23. The van der Waals surface area contributed by atoms with Crippen LogP contribution in [0.25, 0.3) is 0 Å². The average Bonchev–Trinajstić information content (AvgIpc) is 3.58. The van der Waals surface area contributed by atoms with E-state index in [0.29, 0.717) is 11.8 Å². The van der Waals surface area contributed by atoms with Gasteiger partial charge >= 0.3 is 6.03 Å². The Hall–Kier alpha value is -4.02. The second-order valence-electron chi connectivity index (χ2n) is 12.4. The predicted octanol–water partition coefficient (Wildman–Crippen LogP) is 6.53. The lowest BCUT2D eigenvalue weighted by Crippen LogP contribution is -2.45. The Labute approximate surface area is 247 Å². The first-order valence-electron chi connectivity index (χ1n) is 15.1.